The molecular formula is C16H26N2O2+2. The van der Waals surface area contributed by atoms with Crippen molar-refractivity contribution in [3.8, 4) is 11.5 Å². The molecule has 0 radical (unpaired) electrons. The number of benzene rings is 1. The molecule has 2 aliphatic heterocycles. The number of hydrogen-bond acceptors (Lipinski definition) is 2. The van der Waals surface area contributed by atoms with Crippen LogP contribution in [0.2, 0.25) is 0 Å². The van der Waals surface area contributed by atoms with E-state index < -0.39 is 0 Å². The fourth-order valence-electron chi connectivity index (χ4n) is 3.19. The van der Waals surface area contributed by atoms with Crippen molar-refractivity contribution in [1.29, 1.82) is 0 Å². The summed E-state index contributed by atoms with van der Waals surface area (Å²) in [4.78, 5) is 3.39. The van der Waals surface area contributed by atoms with Gasteiger partial charge in [-0.25, -0.2) is 0 Å². The quantitative estimate of drug-likeness (QED) is 0.744. The topological polar surface area (TPSA) is 27.3 Å². The molecule has 1 saturated heterocycles. The van der Waals surface area contributed by atoms with E-state index in [4.69, 9.17) is 9.47 Å². The maximum absolute atomic E-state index is 6.06. The molecule has 3 rings (SSSR count). The van der Waals surface area contributed by atoms with Gasteiger partial charge in [0, 0.05) is 0 Å². The fourth-order valence-corrected chi connectivity index (χ4v) is 3.19. The second-order valence-corrected chi connectivity index (χ2v) is 6.26. The minimum Gasteiger partial charge on any atom is -0.486 e. The molecule has 1 aromatic carbocycles. The molecule has 4 heteroatoms. The lowest BCUT2D eigenvalue weighted by atomic mass is 10.2. The van der Waals surface area contributed by atoms with Crippen molar-refractivity contribution in [2.24, 2.45) is 0 Å². The highest BCUT2D eigenvalue weighted by Crippen LogP contribution is 2.30. The van der Waals surface area contributed by atoms with Crippen LogP contribution >= 0.6 is 0 Å². The molecule has 0 amide bonds. The third-order valence-corrected chi connectivity index (χ3v) is 4.50. The second kappa shape index (κ2) is 6.02. The van der Waals surface area contributed by atoms with E-state index in [9.17, 15) is 0 Å². The Bertz CT molecular complexity index is 442. The summed E-state index contributed by atoms with van der Waals surface area (Å²) in [7, 11) is 0. The molecule has 20 heavy (non-hydrogen) atoms. The molecule has 4 nitrogen and oxygen atoms in total. The molecule has 110 valence electrons. The van der Waals surface area contributed by atoms with Gasteiger partial charge in [0.2, 0.25) is 0 Å². The van der Waals surface area contributed by atoms with Crippen molar-refractivity contribution in [2.75, 3.05) is 39.3 Å². The van der Waals surface area contributed by atoms with Gasteiger partial charge >= 0.3 is 0 Å². The van der Waals surface area contributed by atoms with E-state index in [1.807, 2.05) is 24.3 Å². The third kappa shape index (κ3) is 3.07. The van der Waals surface area contributed by atoms with Crippen molar-refractivity contribution < 1.29 is 19.3 Å². The van der Waals surface area contributed by atoms with Crippen LogP contribution in [-0.4, -0.2) is 51.5 Å². The zero-order valence-corrected chi connectivity index (χ0v) is 12.5. The van der Waals surface area contributed by atoms with Crippen LogP contribution in [0.25, 0.3) is 0 Å². The Balaban J connectivity index is 1.51. The summed E-state index contributed by atoms with van der Waals surface area (Å²) in [5.41, 5.74) is 0. The molecule has 1 fully saturated rings. The molecule has 0 unspecified atom stereocenters. The first-order chi connectivity index (χ1) is 9.72. The van der Waals surface area contributed by atoms with Gasteiger partial charge in [0.25, 0.3) is 0 Å². The first kappa shape index (κ1) is 13.7. The Morgan fingerprint density at radius 1 is 1.10 bits per heavy atom. The van der Waals surface area contributed by atoms with E-state index >= 15 is 0 Å². The largest absolute Gasteiger partial charge is 0.486 e. The molecule has 1 aromatic rings. The standard InChI is InChI=1S/C16H24N2O2/c1-13(2)18-9-7-17(8-10-18)11-14-12-19-15-5-3-4-6-16(15)20-14/h3-6,13-14H,7-12H2,1-2H3/p+2/t14-/m0/s1. The van der Waals surface area contributed by atoms with Gasteiger partial charge in [0.15, 0.2) is 17.6 Å². The Labute approximate surface area is 121 Å². The zero-order valence-electron chi connectivity index (χ0n) is 12.5. The minimum atomic E-state index is 0.195. The van der Waals surface area contributed by atoms with Crippen LogP contribution in [0.15, 0.2) is 24.3 Å². The van der Waals surface area contributed by atoms with Crippen molar-refractivity contribution in [3.05, 3.63) is 24.3 Å². The monoisotopic (exact) mass is 278 g/mol. The van der Waals surface area contributed by atoms with E-state index in [1.165, 1.54) is 26.2 Å². The zero-order chi connectivity index (χ0) is 13.9. The predicted octanol–water partition coefficient (Wildman–Crippen LogP) is -0.982. The van der Waals surface area contributed by atoms with Crippen LogP contribution in [0.1, 0.15) is 13.8 Å². The lowest BCUT2D eigenvalue weighted by Gasteiger charge is -2.34. The average molecular weight is 278 g/mol. The number of nitrogens with one attached hydrogen (secondary N) is 2. The lowest BCUT2D eigenvalue weighted by molar-refractivity contribution is -1.02. The first-order valence-electron chi connectivity index (χ1n) is 7.79. The van der Waals surface area contributed by atoms with Gasteiger partial charge in [-0.15, -0.1) is 0 Å². The summed E-state index contributed by atoms with van der Waals surface area (Å²) < 4.78 is 11.8. The van der Waals surface area contributed by atoms with E-state index in [0.29, 0.717) is 6.61 Å². The van der Waals surface area contributed by atoms with E-state index in [-0.39, 0.29) is 6.10 Å². The van der Waals surface area contributed by atoms with Crippen LogP contribution < -0.4 is 19.3 Å². The Kier molecular flexibility index (Phi) is 4.13. The maximum atomic E-state index is 6.06. The van der Waals surface area contributed by atoms with Crippen molar-refractivity contribution in [1.82, 2.24) is 0 Å². The number of piperazine rings is 1. The van der Waals surface area contributed by atoms with Gasteiger partial charge in [-0.1, -0.05) is 12.1 Å². The lowest BCUT2D eigenvalue weighted by Crippen LogP contribution is -3.29. The van der Waals surface area contributed by atoms with Gasteiger partial charge in [0.1, 0.15) is 39.3 Å². The van der Waals surface area contributed by atoms with Crippen LogP contribution in [0.4, 0.5) is 0 Å². The van der Waals surface area contributed by atoms with Crippen molar-refractivity contribution in [3.63, 3.8) is 0 Å². The van der Waals surface area contributed by atoms with Gasteiger partial charge in [-0.05, 0) is 26.0 Å². The fraction of sp³-hybridized carbons (Fsp3) is 0.625. The number of ether oxygens (including phenoxy) is 2. The highest BCUT2D eigenvalue weighted by molar-refractivity contribution is 5.40. The molecule has 1 atom stereocenters. The summed E-state index contributed by atoms with van der Waals surface area (Å²) >= 11 is 0. The summed E-state index contributed by atoms with van der Waals surface area (Å²) in [5.74, 6) is 1.78. The molecule has 2 heterocycles. The highest BCUT2D eigenvalue weighted by Gasteiger charge is 2.29. The maximum Gasteiger partial charge on any atom is 0.181 e. The summed E-state index contributed by atoms with van der Waals surface area (Å²) in [6, 6.07) is 8.71. The van der Waals surface area contributed by atoms with Gasteiger partial charge in [-0.3, -0.25) is 0 Å². The highest BCUT2D eigenvalue weighted by atomic mass is 16.6. The second-order valence-electron chi connectivity index (χ2n) is 6.26. The van der Waals surface area contributed by atoms with Gasteiger partial charge in [0.05, 0.1) is 6.04 Å². The van der Waals surface area contributed by atoms with E-state index in [1.54, 1.807) is 9.80 Å². The molecule has 0 bridgehead atoms. The number of rotatable bonds is 3. The summed E-state index contributed by atoms with van der Waals surface area (Å²) in [6.07, 6.45) is 0.195. The molecule has 0 aliphatic carbocycles. The van der Waals surface area contributed by atoms with Crippen molar-refractivity contribution in [2.45, 2.75) is 26.0 Å². The predicted molar refractivity (Wildman–Crippen MR) is 77.7 cm³/mol. The molecule has 0 spiro atoms. The average Bonchev–Trinajstić information content (AvgIpc) is 2.48. The number of quaternary nitrogens is 2. The minimum absolute atomic E-state index is 0.195. The number of hydrogen-bond donors (Lipinski definition) is 2. The number of fused-ring (bicyclic) bond motifs is 1. The molecule has 0 aromatic heterocycles. The molecule has 2 N–H and O–H groups in total. The smallest absolute Gasteiger partial charge is 0.181 e. The van der Waals surface area contributed by atoms with Crippen LogP contribution in [-0.2, 0) is 0 Å². The van der Waals surface area contributed by atoms with Crippen molar-refractivity contribution >= 4 is 0 Å². The van der Waals surface area contributed by atoms with Gasteiger partial charge in [-0.2, -0.15) is 0 Å². The Hall–Kier alpha value is -1.26. The molecule has 2 aliphatic rings. The summed E-state index contributed by atoms with van der Waals surface area (Å²) in [5, 5.41) is 0. The first-order valence-corrected chi connectivity index (χ1v) is 7.79. The Morgan fingerprint density at radius 2 is 1.80 bits per heavy atom. The molecule has 0 saturated carbocycles. The van der Waals surface area contributed by atoms with E-state index in [0.717, 1.165) is 24.1 Å². The van der Waals surface area contributed by atoms with Crippen LogP contribution in [0.3, 0.4) is 0 Å². The Morgan fingerprint density at radius 3 is 2.50 bits per heavy atom. The SMILES string of the molecule is CC(C)[NH+]1CC[NH+](C[C@H]2COc3ccccc3O2)CC1. The van der Waals surface area contributed by atoms with Crippen LogP contribution in [0.5, 0.6) is 11.5 Å². The molecular weight excluding hydrogens is 252 g/mol. The van der Waals surface area contributed by atoms with E-state index in [2.05, 4.69) is 13.8 Å². The number of para-hydroxylation sites is 2. The summed E-state index contributed by atoms with van der Waals surface area (Å²) in [6.45, 7) is 11.4. The van der Waals surface area contributed by atoms with Crippen LogP contribution in [0, 0.1) is 0 Å². The van der Waals surface area contributed by atoms with Gasteiger partial charge < -0.3 is 19.3 Å². The third-order valence-electron chi connectivity index (χ3n) is 4.50. The normalized spacial score (nSPS) is 29.4.